The van der Waals surface area contributed by atoms with Gasteiger partial charge in [0.2, 0.25) is 0 Å². The van der Waals surface area contributed by atoms with Crippen LogP contribution in [0, 0.1) is 5.82 Å². The minimum absolute atomic E-state index is 0.238. The molecule has 0 heterocycles. The van der Waals surface area contributed by atoms with Crippen LogP contribution in [0.4, 0.5) is 4.39 Å². The smallest absolute Gasteiger partial charge is 0.167 e. The fourth-order valence-corrected chi connectivity index (χ4v) is 4.26. The molecule has 6 heteroatoms. The van der Waals surface area contributed by atoms with Crippen LogP contribution in [0.1, 0.15) is 49.7 Å². The largest absolute Gasteiger partial charge is 0.493 e. The van der Waals surface area contributed by atoms with Gasteiger partial charge in [0, 0.05) is 28.2 Å². The molecule has 1 saturated carbocycles. The number of ether oxygens (including phenoxy) is 2. The average Bonchev–Trinajstić information content (AvgIpc) is 2.95. The average molecular weight is 471 g/mol. The summed E-state index contributed by atoms with van der Waals surface area (Å²) >= 11 is 9.80. The quantitative estimate of drug-likeness (QED) is 0.460. The van der Waals surface area contributed by atoms with E-state index >= 15 is 0 Å². The molecule has 0 aliphatic heterocycles. The second-order valence-corrected chi connectivity index (χ2v) is 8.41. The summed E-state index contributed by atoms with van der Waals surface area (Å²) in [7, 11) is 1.63. The molecule has 3 nitrogen and oxygen atoms in total. The van der Waals surface area contributed by atoms with E-state index in [4.69, 9.17) is 21.1 Å². The minimum atomic E-state index is -0.359. The molecule has 0 spiro atoms. The molecule has 1 N–H and O–H groups in total. The molecular formula is C22H26BrClFNO2. The number of nitrogens with one attached hydrogen (secondary N) is 1. The molecule has 3 rings (SSSR count). The Hall–Kier alpha value is -1.30. The number of hydrogen-bond acceptors (Lipinski definition) is 3. The molecule has 152 valence electrons. The van der Waals surface area contributed by atoms with Crippen LogP contribution < -0.4 is 14.8 Å². The summed E-state index contributed by atoms with van der Waals surface area (Å²) in [4.78, 5) is 0. The maximum Gasteiger partial charge on any atom is 0.167 e. The van der Waals surface area contributed by atoms with Crippen molar-refractivity contribution in [3.63, 3.8) is 0 Å². The Morgan fingerprint density at radius 3 is 2.57 bits per heavy atom. The summed E-state index contributed by atoms with van der Waals surface area (Å²) in [6, 6.07) is 8.71. The molecule has 0 saturated heterocycles. The van der Waals surface area contributed by atoms with Crippen LogP contribution >= 0.6 is 27.5 Å². The van der Waals surface area contributed by atoms with Crippen molar-refractivity contribution in [3.05, 3.63) is 56.8 Å². The van der Waals surface area contributed by atoms with E-state index in [0.29, 0.717) is 29.1 Å². The van der Waals surface area contributed by atoms with Gasteiger partial charge in [0.05, 0.1) is 12.1 Å². The van der Waals surface area contributed by atoms with Crippen LogP contribution in [0.15, 0.2) is 34.8 Å². The number of benzene rings is 2. The fourth-order valence-electron chi connectivity index (χ4n) is 3.58. The maximum absolute atomic E-state index is 13.3. The van der Waals surface area contributed by atoms with Crippen molar-refractivity contribution in [2.45, 2.75) is 57.7 Å². The van der Waals surface area contributed by atoms with Gasteiger partial charge in [-0.25, -0.2) is 4.39 Å². The zero-order valence-corrected chi connectivity index (χ0v) is 18.4. The van der Waals surface area contributed by atoms with Gasteiger partial charge in [-0.1, -0.05) is 59.3 Å². The van der Waals surface area contributed by atoms with Crippen molar-refractivity contribution in [3.8, 4) is 11.5 Å². The van der Waals surface area contributed by atoms with E-state index in [1.165, 1.54) is 50.7 Å². The summed E-state index contributed by atoms with van der Waals surface area (Å²) in [5.74, 6) is 0.986. The predicted molar refractivity (Wildman–Crippen MR) is 115 cm³/mol. The molecular weight excluding hydrogens is 445 g/mol. The number of methoxy groups -OCH3 is 1. The van der Waals surface area contributed by atoms with Gasteiger partial charge in [-0.15, -0.1) is 0 Å². The first kappa shape index (κ1) is 21.4. The van der Waals surface area contributed by atoms with E-state index in [0.717, 1.165) is 15.6 Å². The van der Waals surface area contributed by atoms with E-state index < -0.39 is 0 Å². The van der Waals surface area contributed by atoms with Gasteiger partial charge >= 0.3 is 0 Å². The number of halogens is 3. The topological polar surface area (TPSA) is 30.5 Å². The van der Waals surface area contributed by atoms with Gasteiger partial charge in [-0.05, 0) is 37.1 Å². The third-order valence-electron chi connectivity index (χ3n) is 5.20. The van der Waals surface area contributed by atoms with Crippen LogP contribution in [0.2, 0.25) is 5.02 Å². The second-order valence-electron chi connectivity index (χ2n) is 7.15. The molecule has 28 heavy (non-hydrogen) atoms. The molecule has 0 aromatic heterocycles. The van der Waals surface area contributed by atoms with E-state index in [2.05, 4.69) is 21.2 Å². The Balaban J connectivity index is 1.77. The lowest BCUT2D eigenvalue weighted by atomic mass is 10.1. The first-order chi connectivity index (χ1) is 13.6. The summed E-state index contributed by atoms with van der Waals surface area (Å²) < 4.78 is 25.9. The molecule has 0 atom stereocenters. The summed E-state index contributed by atoms with van der Waals surface area (Å²) in [6.07, 6.45) is 7.64. The molecule has 0 unspecified atom stereocenters. The summed E-state index contributed by atoms with van der Waals surface area (Å²) in [6.45, 7) is 0.928. The van der Waals surface area contributed by atoms with Crippen LogP contribution in [0.3, 0.4) is 0 Å². The van der Waals surface area contributed by atoms with Crippen molar-refractivity contribution >= 4 is 27.5 Å². The Morgan fingerprint density at radius 1 is 1.14 bits per heavy atom. The van der Waals surface area contributed by atoms with Crippen LogP contribution in [-0.4, -0.2) is 13.2 Å². The van der Waals surface area contributed by atoms with E-state index in [1.54, 1.807) is 13.2 Å². The fraction of sp³-hybridized carbons (Fsp3) is 0.455. The standard InChI is InChI=1S/C22H26BrClFNO2/c1-27-21-11-10-19(23)18(13-26-17-6-4-2-3-5-7-17)22(21)28-14-15-8-9-16(25)12-20(15)24/h8-12,17,26H,2-7,13-14H2,1H3. The number of rotatable bonds is 7. The maximum atomic E-state index is 13.3. The molecule has 2 aromatic rings. The molecule has 1 fully saturated rings. The van der Waals surface area contributed by atoms with E-state index in [-0.39, 0.29) is 12.4 Å². The Morgan fingerprint density at radius 2 is 1.89 bits per heavy atom. The summed E-state index contributed by atoms with van der Waals surface area (Å²) in [5.41, 5.74) is 1.75. The highest BCUT2D eigenvalue weighted by atomic mass is 79.9. The predicted octanol–water partition coefficient (Wildman–Crippen LogP) is 6.64. The molecule has 2 aromatic carbocycles. The van der Waals surface area contributed by atoms with Crippen molar-refractivity contribution in [2.24, 2.45) is 0 Å². The van der Waals surface area contributed by atoms with Gasteiger partial charge in [0.1, 0.15) is 12.4 Å². The van der Waals surface area contributed by atoms with Crippen LogP contribution in [0.5, 0.6) is 11.5 Å². The van der Waals surface area contributed by atoms with Gasteiger partial charge in [-0.3, -0.25) is 0 Å². The molecule has 1 aliphatic carbocycles. The third-order valence-corrected chi connectivity index (χ3v) is 6.29. The van der Waals surface area contributed by atoms with Gasteiger partial charge < -0.3 is 14.8 Å². The lowest BCUT2D eigenvalue weighted by molar-refractivity contribution is 0.279. The van der Waals surface area contributed by atoms with Crippen LogP contribution in [-0.2, 0) is 13.2 Å². The summed E-state index contributed by atoms with van der Waals surface area (Å²) in [5, 5.41) is 4.04. The van der Waals surface area contributed by atoms with Crippen molar-refractivity contribution in [1.82, 2.24) is 5.32 Å². The third kappa shape index (κ3) is 5.62. The highest BCUT2D eigenvalue weighted by Gasteiger charge is 2.18. The number of hydrogen-bond donors (Lipinski definition) is 1. The van der Waals surface area contributed by atoms with Crippen molar-refractivity contribution in [2.75, 3.05) is 7.11 Å². The SMILES string of the molecule is COc1ccc(Br)c(CNC2CCCCCC2)c1OCc1ccc(F)cc1Cl. The van der Waals surface area contributed by atoms with Crippen molar-refractivity contribution < 1.29 is 13.9 Å². The van der Waals surface area contributed by atoms with E-state index in [1.807, 2.05) is 12.1 Å². The van der Waals surface area contributed by atoms with Crippen LogP contribution in [0.25, 0.3) is 0 Å². The van der Waals surface area contributed by atoms with E-state index in [9.17, 15) is 4.39 Å². The minimum Gasteiger partial charge on any atom is -0.493 e. The zero-order chi connectivity index (χ0) is 19.9. The molecule has 1 aliphatic rings. The highest BCUT2D eigenvalue weighted by molar-refractivity contribution is 9.10. The zero-order valence-electron chi connectivity index (χ0n) is 16.1. The second kappa shape index (κ2) is 10.5. The monoisotopic (exact) mass is 469 g/mol. The molecule has 0 radical (unpaired) electrons. The highest BCUT2D eigenvalue weighted by Crippen LogP contribution is 2.37. The Bertz CT molecular complexity index is 794. The van der Waals surface area contributed by atoms with Gasteiger partial charge in [0.25, 0.3) is 0 Å². The molecule has 0 bridgehead atoms. The Labute approximate surface area is 179 Å². The van der Waals surface area contributed by atoms with Crippen molar-refractivity contribution in [1.29, 1.82) is 0 Å². The Kier molecular flexibility index (Phi) is 8.00. The van der Waals surface area contributed by atoms with Gasteiger partial charge in [0.15, 0.2) is 11.5 Å². The lowest BCUT2D eigenvalue weighted by Gasteiger charge is -2.20. The first-order valence-electron chi connectivity index (χ1n) is 9.74. The lowest BCUT2D eigenvalue weighted by Crippen LogP contribution is -2.28. The molecule has 0 amide bonds. The first-order valence-corrected chi connectivity index (χ1v) is 10.9. The van der Waals surface area contributed by atoms with Gasteiger partial charge in [-0.2, -0.15) is 0 Å². The normalized spacial score (nSPS) is 15.3.